The van der Waals surface area contributed by atoms with Crippen molar-refractivity contribution in [1.29, 1.82) is 0 Å². The molecule has 0 aromatic heterocycles. The number of fused-ring (bicyclic) bond motifs is 1. The van der Waals surface area contributed by atoms with Crippen LogP contribution in [0.15, 0.2) is 89.8 Å². The molecule has 1 heterocycles. The Hall–Kier alpha value is -3.25. The number of allylic oxidation sites excluding steroid dienone is 1. The molecule has 0 saturated carbocycles. The second kappa shape index (κ2) is 9.92. The van der Waals surface area contributed by atoms with Crippen molar-refractivity contribution in [3.63, 3.8) is 0 Å². The highest BCUT2D eigenvalue weighted by Gasteiger charge is 2.29. The summed E-state index contributed by atoms with van der Waals surface area (Å²) in [5, 5.41) is 0. The molecule has 166 valence electrons. The molecule has 5 nitrogen and oxygen atoms in total. The third kappa shape index (κ3) is 4.65. The lowest BCUT2D eigenvalue weighted by Gasteiger charge is -2.26. The van der Waals surface area contributed by atoms with E-state index in [0.29, 0.717) is 30.2 Å². The first-order chi connectivity index (χ1) is 15.6. The Balaban J connectivity index is 1.62. The van der Waals surface area contributed by atoms with Crippen LogP contribution in [0.2, 0.25) is 0 Å². The van der Waals surface area contributed by atoms with Crippen molar-refractivity contribution >= 4 is 15.7 Å². The van der Waals surface area contributed by atoms with Gasteiger partial charge in [0.15, 0.2) is 11.5 Å². The summed E-state index contributed by atoms with van der Waals surface area (Å²) in [4.78, 5) is 0.266. The number of hydrogen-bond acceptors (Lipinski definition) is 4. The van der Waals surface area contributed by atoms with Gasteiger partial charge in [0.1, 0.15) is 0 Å². The minimum absolute atomic E-state index is 0.266. The van der Waals surface area contributed by atoms with Gasteiger partial charge in [-0.25, -0.2) is 8.42 Å². The van der Waals surface area contributed by atoms with Gasteiger partial charge in [-0.3, -0.25) is 4.31 Å². The van der Waals surface area contributed by atoms with E-state index in [9.17, 15) is 8.42 Å². The number of aryl methyl sites for hydroxylation is 1. The predicted octanol–water partition coefficient (Wildman–Crippen LogP) is 5.01. The molecule has 0 atom stereocenters. The van der Waals surface area contributed by atoms with Gasteiger partial charge in [0.25, 0.3) is 10.0 Å². The summed E-state index contributed by atoms with van der Waals surface area (Å²) in [6, 6.07) is 22.4. The molecule has 1 aliphatic heterocycles. The van der Waals surface area contributed by atoms with Gasteiger partial charge in [-0.15, -0.1) is 0 Å². The molecular weight excluding hydrogens is 422 g/mol. The predicted molar refractivity (Wildman–Crippen MR) is 127 cm³/mol. The van der Waals surface area contributed by atoms with E-state index < -0.39 is 10.0 Å². The number of rotatable bonds is 8. The lowest BCUT2D eigenvalue weighted by molar-refractivity contribution is 0.287. The van der Waals surface area contributed by atoms with Crippen molar-refractivity contribution in [1.82, 2.24) is 0 Å². The molecule has 32 heavy (non-hydrogen) atoms. The van der Waals surface area contributed by atoms with Crippen molar-refractivity contribution in [3.05, 3.63) is 96.1 Å². The third-order valence-corrected chi connectivity index (χ3v) is 7.27. The third-order valence-electron chi connectivity index (χ3n) is 5.48. The average Bonchev–Trinajstić information content (AvgIpc) is 3.06. The van der Waals surface area contributed by atoms with E-state index in [2.05, 4.69) is 12.1 Å². The molecule has 3 aromatic rings. The highest BCUT2D eigenvalue weighted by Crippen LogP contribution is 2.41. The number of hydrogen-bond donors (Lipinski definition) is 0. The topological polar surface area (TPSA) is 55.8 Å². The number of benzene rings is 3. The molecule has 0 unspecified atom stereocenters. The first-order valence-corrected chi connectivity index (χ1v) is 12.1. The van der Waals surface area contributed by atoms with Crippen molar-refractivity contribution in [2.75, 3.05) is 24.6 Å². The van der Waals surface area contributed by atoms with Gasteiger partial charge in [-0.2, -0.15) is 0 Å². The van der Waals surface area contributed by atoms with Crippen LogP contribution in [0.4, 0.5) is 5.69 Å². The fraction of sp³-hybridized carbons (Fsp3) is 0.231. The minimum Gasteiger partial charge on any atom is -0.493 e. The van der Waals surface area contributed by atoms with Crippen LogP contribution >= 0.6 is 0 Å². The lowest BCUT2D eigenvalue weighted by Crippen LogP contribution is -2.31. The zero-order valence-electron chi connectivity index (χ0n) is 18.1. The van der Waals surface area contributed by atoms with Crippen LogP contribution in [0, 0.1) is 0 Å². The standard InChI is InChI=1S/C26H27NO4S/c1-30-25-18-17-24-23(26(25)31-20-10-13-21-11-4-2-5-12-21)16-8-9-19-27(24)32(28,29)22-14-6-3-7-15-22/h2-9,11-12,14-15,17-18H,10,13,16,19-20H2,1H3. The second-order valence-corrected chi connectivity index (χ2v) is 9.42. The first-order valence-electron chi connectivity index (χ1n) is 10.7. The van der Waals surface area contributed by atoms with E-state index in [-0.39, 0.29) is 11.4 Å². The van der Waals surface area contributed by atoms with Crippen LogP contribution in [-0.2, 0) is 22.9 Å². The molecule has 0 fully saturated rings. The molecule has 0 aliphatic carbocycles. The average molecular weight is 450 g/mol. The number of nitrogens with zero attached hydrogens (tertiary/aromatic N) is 1. The number of methoxy groups -OCH3 is 1. The fourth-order valence-electron chi connectivity index (χ4n) is 3.86. The largest absolute Gasteiger partial charge is 0.493 e. The highest BCUT2D eigenvalue weighted by atomic mass is 32.2. The van der Waals surface area contributed by atoms with Crippen molar-refractivity contribution < 1.29 is 17.9 Å². The zero-order valence-corrected chi connectivity index (χ0v) is 18.9. The number of sulfonamides is 1. The van der Waals surface area contributed by atoms with Gasteiger partial charge in [-0.05, 0) is 49.1 Å². The molecule has 1 aliphatic rings. The van der Waals surface area contributed by atoms with Crippen LogP contribution in [0.3, 0.4) is 0 Å². The molecule has 0 bridgehead atoms. The van der Waals surface area contributed by atoms with Gasteiger partial charge in [0.05, 0.1) is 30.8 Å². The Morgan fingerprint density at radius 1 is 0.906 bits per heavy atom. The maximum Gasteiger partial charge on any atom is 0.264 e. The van der Waals surface area contributed by atoms with Crippen LogP contribution < -0.4 is 13.8 Å². The molecule has 0 amide bonds. The van der Waals surface area contributed by atoms with Crippen molar-refractivity contribution in [3.8, 4) is 11.5 Å². The smallest absolute Gasteiger partial charge is 0.264 e. The molecule has 0 radical (unpaired) electrons. The molecular formula is C26H27NO4S. The number of anilines is 1. The summed E-state index contributed by atoms with van der Waals surface area (Å²) in [5.41, 5.74) is 2.70. The fourth-order valence-corrected chi connectivity index (χ4v) is 5.33. The summed E-state index contributed by atoms with van der Waals surface area (Å²) in [7, 11) is -2.11. The van der Waals surface area contributed by atoms with Crippen LogP contribution in [0.1, 0.15) is 17.5 Å². The zero-order chi connectivity index (χ0) is 22.4. The molecule has 3 aromatic carbocycles. The highest BCUT2D eigenvalue weighted by molar-refractivity contribution is 7.92. The summed E-state index contributed by atoms with van der Waals surface area (Å²) in [6.45, 7) is 0.779. The summed E-state index contributed by atoms with van der Waals surface area (Å²) >= 11 is 0. The van der Waals surface area contributed by atoms with E-state index in [1.165, 1.54) is 9.87 Å². The Bertz CT molecular complexity index is 1180. The van der Waals surface area contributed by atoms with Crippen LogP contribution in [0.5, 0.6) is 11.5 Å². The van der Waals surface area contributed by atoms with Gasteiger partial charge < -0.3 is 9.47 Å². The van der Waals surface area contributed by atoms with Gasteiger partial charge in [-0.1, -0.05) is 60.7 Å². The SMILES string of the molecule is COc1ccc2c(c1OCCCc1ccccc1)CC=CCN2S(=O)(=O)c1ccccc1. The lowest BCUT2D eigenvalue weighted by atomic mass is 10.1. The number of ether oxygens (including phenoxy) is 2. The normalized spacial score (nSPS) is 13.3. The van der Waals surface area contributed by atoms with E-state index in [1.54, 1.807) is 43.5 Å². The Labute approximate surface area is 190 Å². The van der Waals surface area contributed by atoms with Crippen molar-refractivity contribution in [2.24, 2.45) is 0 Å². The summed E-state index contributed by atoms with van der Waals surface area (Å²) in [6.07, 6.45) is 6.19. The Kier molecular flexibility index (Phi) is 6.81. The van der Waals surface area contributed by atoms with Gasteiger partial charge in [0, 0.05) is 5.56 Å². The summed E-state index contributed by atoms with van der Waals surface area (Å²) in [5.74, 6) is 1.22. The summed E-state index contributed by atoms with van der Waals surface area (Å²) < 4.78 is 40.0. The molecule has 0 N–H and O–H groups in total. The molecule has 0 spiro atoms. The van der Waals surface area contributed by atoms with E-state index in [0.717, 1.165) is 18.4 Å². The van der Waals surface area contributed by atoms with E-state index in [1.807, 2.05) is 36.4 Å². The Morgan fingerprint density at radius 2 is 1.62 bits per heavy atom. The second-order valence-electron chi connectivity index (χ2n) is 7.56. The first kappa shape index (κ1) is 22.0. The molecule has 6 heteroatoms. The monoisotopic (exact) mass is 449 g/mol. The maximum atomic E-state index is 13.4. The maximum absolute atomic E-state index is 13.4. The van der Waals surface area contributed by atoms with Crippen LogP contribution in [-0.4, -0.2) is 28.7 Å². The van der Waals surface area contributed by atoms with Gasteiger partial charge >= 0.3 is 0 Å². The quantitative estimate of drug-likeness (QED) is 0.358. The minimum atomic E-state index is -3.71. The molecule has 0 saturated heterocycles. The van der Waals surface area contributed by atoms with Crippen LogP contribution in [0.25, 0.3) is 0 Å². The van der Waals surface area contributed by atoms with E-state index in [4.69, 9.17) is 9.47 Å². The Morgan fingerprint density at radius 3 is 2.34 bits per heavy atom. The van der Waals surface area contributed by atoms with Gasteiger partial charge in [0.2, 0.25) is 0 Å². The molecule has 4 rings (SSSR count). The van der Waals surface area contributed by atoms with Crippen molar-refractivity contribution in [2.45, 2.75) is 24.2 Å². The van der Waals surface area contributed by atoms with E-state index >= 15 is 0 Å².